The molecule has 106 valence electrons. The van der Waals surface area contributed by atoms with E-state index in [1.165, 1.54) is 0 Å². The lowest BCUT2D eigenvalue weighted by Crippen LogP contribution is -2.52. The molecule has 0 aliphatic rings. The van der Waals surface area contributed by atoms with Crippen molar-refractivity contribution >= 4 is 11.8 Å². The van der Waals surface area contributed by atoms with E-state index in [-0.39, 0.29) is 29.9 Å². The Balaban J connectivity index is 4.18. The topological polar surface area (TPSA) is 70.2 Å². The summed E-state index contributed by atoms with van der Waals surface area (Å²) in [6, 6.07) is -0.530. The summed E-state index contributed by atoms with van der Waals surface area (Å²) in [5.74, 6) is -0.139. The summed E-state index contributed by atoms with van der Waals surface area (Å²) in [7, 11) is 0. The Morgan fingerprint density at radius 3 is 1.89 bits per heavy atom. The van der Waals surface area contributed by atoms with Gasteiger partial charge in [0.25, 0.3) is 0 Å². The first-order chi connectivity index (χ1) is 8.46. The third-order valence-electron chi connectivity index (χ3n) is 2.97. The van der Waals surface area contributed by atoms with E-state index in [1.807, 2.05) is 20.8 Å². The highest BCUT2D eigenvalue weighted by Crippen LogP contribution is 1.97. The van der Waals surface area contributed by atoms with Crippen LogP contribution in [0.3, 0.4) is 0 Å². The van der Waals surface area contributed by atoms with E-state index in [4.69, 9.17) is 0 Å². The first-order valence-electron chi connectivity index (χ1n) is 6.80. The summed E-state index contributed by atoms with van der Waals surface area (Å²) in [5.41, 5.74) is 0. The number of rotatable bonds is 8. The van der Waals surface area contributed by atoms with Crippen LogP contribution in [0.25, 0.3) is 0 Å². The number of nitrogens with one attached hydrogen (secondary N) is 3. The van der Waals surface area contributed by atoms with Gasteiger partial charge < -0.3 is 10.6 Å². The Morgan fingerprint density at radius 1 is 0.944 bits per heavy atom. The minimum atomic E-state index is -0.372. The van der Waals surface area contributed by atoms with E-state index < -0.39 is 0 Å². The van der Waals surface area contributed by atoms with Gasteiger partial charge in [-0.3, -0.25) is 14.9 Å². The van der Waals surface area contributed by atoms with Crippen LogP contribution in [0.5, 0.6) is 0 Å². The van der Waals surface area contributed by atoms with E-state index >= 15 is 0 Å². The summed E-state index contributed by atoms with van der Waals surface area (Å²) in [6.45, 7) is 10.1. The molecule has 0 aliphatic carbocycles. The van der Waals surface area contributed by atoms with Crippen molar-refractivity contribution in [1.29, 1.82) is 0 Å². The summed E-state index contributed by atoms with van der Waals surface area (Å²) in [5, 5.41) is 8.67. The summed E-state index contributed by atoms with van der Waals surface area (Å²) < 4.78 is 0. The molecule has 0 aromatic heterocycles. The van der Waals surface area contributed by atoms with Crippen LogP contribution >= 0.6 is 0 Å². The lowest BCUT2D eigenvalue weighted by atomic mass is 10.1. The maximum Gasteiger partial charge on any atom is 0.237 e. The van der Waals surface area contributed by atoms with Gasteiger partial charge in [0.1, 0.15) is 0 Å². The second kappa shape index (κ2) is 8.91. The van der Waals surface area contributed by atoms with Gasteiger partial charge in [0.15, 0.2) is 0 Å². The van der Waals surface area contributed by atoms with Crippen LogP contribution in [0.4, 0.5) is 0 Å². The van der Waals surface area contributed by atoms with Crippen molar-refractivity contribution in [3.8, 4) is 0 Å². The Labute approximate surface area is 110 Å². The highest BCUT2D eigenvalue weighted by molar-refractivity contribution is 5.84. The molecule has 0 saturated heterocycles. The standard InChI is InChI=1S/C13H27N3O2/c1-6-11(7-2)16-13(18)10(5)15-9(4)12(17)14-8-3/h9-11,15H,6-8H2,1-5H3,(H,14,17)(H,16,18). The van der Waals surface area contributed by atoms with Gasteiger partial charge in [0.2, 0.25) is 11.8 Å². The molecule has 5 heteroatoms. The van der Waals surface area contributed by atoms with Crippen molar-refractivity contribution in [2.24, 2.45) is 0 Å². The Hall–Kier alpha value is -1.10. The van der Waals surface area contributed by atoms with Gasteiger partial charge in [0, 0.05) is 12.6 Å². The van der Waals surface area contributed by atoms with E-state index in [0.29, 0.717) is 6.54 Å². The molecule has 0 aromatic carbocycles. The third-order valence-corrected chi connectivity index (χ3v) is 2.97. The minimum Gasteiger partial charge on any atom is -0.355 e. The molecule has 0 spiro atoms. The van der Waals surface area contributed by atoms with E-state index in [2.05, 4.69) is 16.0 Å². The molecule has 0 radical (unpaired) electrons. The number of likely N-dealkylation sites (N-methyl/N-ethyl adjacent to an activating group) is 1. The molecule has 0 aliphatic heterocycles. The van der Waals surface area contributed by atoms with Crippen molar-refractivity contribution in [2.75, 3.05) is 6.54 Å². The Kier molecular flexibility index (Phi) is 8.37. The predicted molar refractivity (Wildman–Crippen MR) is 73.3 cm³/mol. The van der Waals surface area contributed by atoms with Crippen LogP contribution in [0.1, 0.15) is 47.5 Å². The first kappa shape index (κ1) is 16.9. The average molecular weight is 257 g/mol. The number of carbonyl (C=O) groups excluding carboxylic acids is 2. The van der Waals surface area contributed by atoms with Crippen LogP contribution in [-0.2, 0) is 9.59 Å². The van der Waals surface area contributed by atoms with Crippen LogP contribution in [0.15, 0.2) is 0 Å². The fourth-order valence-corrected chi connectivity index (χ4v) is 1.67. The average Bonchev–Trinajstić information content (AvgIpc) is 2.35. The highest BCUT2D eigenvalue weighted by atomic mass is 16.2. The van der Waals surface area contributed by atoms with Crippen LogP contribution < -0.4 is 16.0 Å². The molecule has 2 unspecified atom stereocenters. The summed E-state index contributed by atoms with van der Waals surface area (Å²) in [6.07, 6.45) is 1.83. The highest BCUT2D eigenvalue weighted by Gasteiger charge is 2.20. The van der Waals surface area contributed by atoms with Gasteiger partial charge in [-0.05, 0) is 33.6 Å². The molecule has 3 N–H and O–H groups in total. The number of amides is 2. The van der Waals surface area contributed by atoms with E-state index in [9.17, 15) is 9.59 Å². The van der Waals surface area contributed by atoms with Gasteiger partial charge in [0.05, 0.1) is 12.1 Å². The largest absolute Gasteiger partial charge is 0.355 e. The van der Waals surface area contributed by atoms with Gasteiger partial charge in [-0.2, -0.15) is 0 Å². The van der Waals surface area contributed by atoms with Gasteiger partial charge in [-0.25, -0.2) is 0 Å². The normalized spacial score (nSPS) is 14.1. The molecule has 18 heavy (non-hydrogen) atoms. The zero-order valence-corrected chi connectivity index (χ0v) is 12.2. The molecular weight excluding hydrogens is 230 g/mol. The predicted octanol–water partition coefficient (Wildman–Crippen LogP) is 0.794. The minimum absolute atomic E-state index is 0.0557. The maximum atomic E-state index is 11.9. The first-order valence-corrected chi connectivity index (χ1v) is 6.80. The monoisotopic (exact) mass is 257 g/mol. The third kappa shape index (κ3) is 6.00. The van der Waals surface area contributed by atoms with E-state index in [0.717, 1.165) is 12.8 Å². The van der Waals surface area contributed by atoms with Crippen LogP contribution in [-0.4, -0.2) is 36.5 Å². The molecule has 2 atom stereocenters. The van der Waals surface area contributed by atoms with E-state index in [1.54, 1.807) is 13.8 Å². The van der Waals surface area contributed by atoms with Crippen LogP contribution in [0, 0.1) is 0 Å². The van der Waals surface area contributed by atoms with Gasteiger partial charge >= 0.3 is 0 Å². The lowest BCUT2D eigenvalue weighted by molar-refractivity contribution is -0.125. The number of hydrogen-bond donors (Lipinski definition) is 3. The molecule has 0 fully saturated rings. The Bertz CT molecular complexity index is 265. The molecule has 0 saturated carbocycles. The quantitative estimate of drug-likeness (QED) is 0.602. The summed E-state index contributed by atoms with van der Waals surface area (Å²) in [4.78, 5) is 23.4. The number of carbonyl (C=O) groups is 2. The number of hydrogen-bond acceptors (Lipinski definition) is 3. The SMILES string of the molecule is CCNC(=O)C(C)NC(C)C(=O)NC(CC)CC. The summed E-state index contributed by atoms with van der Waals surface area (Å²) >= 11 is 0. The van der Waals surface area contributed by atoms with Crippen LogP contribution in [0.2, 0.25) is 0 Å². The zero-order valence-electron chi connectivity index (χ0n) is 12.2. The zero-order chi connectivity index (χ0) is 14.1. The fraction of sp³-hybridized carbons (Fsp3) is 0.846. The molecule has 5 nitrogen and oxygen atoms in total. The molecule has 0 rings (SSSR count). The van der Waals surface area contributed by atoms with Crippen molar-refractivity contribution in [3.63, 3.8) is 0 Å². The fourth-order valence-electron chi connectivity index (χ4n) is 1.67. The molecule has 0 heterocycles. The molecule has 2 amide bonds. The lowest BCUT2D eigenvalue weighted by Gasteiger charge is -2.22. The van der Waals surface area contributed by atoms with Crippen molar-refractivity contribution < 1.29 is 9.59 Å². The van der Waals surface area contributed by atoms with Crippen molar-refractivity contribution in [1.82, 2.24) is 16.0 Å². The second-order valence-corrected chi connectivity index (χ2v) is 4.53. The Morgan fingerprint density at radius 2 is 1.44 bits per heavy atom. The molecular formula is C13H27N3O2. The second-order valence-electron chi connectivity index (χ2n) is 4.53. The molecule has 0 bridgehead atoms. The molecule has 0 aromatic rings. The van der Waals surface area contributed by atoms with Crippen molar-refractivity contribution in [2.45, 2.75) is 65.6 Å². The smallest absolute Gasteiger partial charge is 0.237 e. The maximum absolute atomic E-state index is 11.9. The van der Waals surface area contributed by atoms with Gasteiger partial charge in [-0.1, -0.05) is 13.8 Å². The van der Waals surface area contributed by atoms with Crippen molar-refractivity contribution in [3.05, 3.63) is 0 Å². The van der Waals surface area contributed by atoms with Gasteiger partial charge in [-0.15, -0.1) is 0 Å².